The largest absolute Gasteiger partial charge is 0.357 e. The van der Waals surface area contributed by atoms with Gasteiger partial charge in [-0.2, -0.15) is 0 Å². The minimum atomic E-state index is -0.793. The number of nitrogens with two attached hydrogens (primary N) is 1. The van der Waals surface area contributed by atoms with Crippen LogP contribution in [-0.2, 0) is 19.2 Å². The minimum Gasteiger partial charge on any atom is -0.357 e. The molecule has 9 nitrogen and oxygen atoms in total. The molecule has 2 fully saturated rings. The average molecular weight is 534 g/mol. The van der Waals surface area contributed by atoms with E-state index in [4.69, 9.17) is 5.73 Å². The first-order chi connectivity index (χ1) is 18.7. The third kappa shape index (κ3) is 6.14. The third-order valence-electron chi connectivity index (χ3n) is 7.98. The van der Waals surface area contributed by atoms with Crippen LogP contribution in [0, 0.1) is 0 Å². The molecule has 0 saturated carbocycles. The summed E-state index contributed by atoms with van der Waals surface area (Å²) >= 11 is 0. The Kier molecular flexibility index (Phi) is 9.01. The van der Waals surface area contributed by atoms with E-state index in [-0.39, 0.29) is 29.6 Å². The molecular formula is C30H39N5O4. The molecule has 0 spiro atoms. The summed E-state index contributed by atoms with van der Waals surface area (Å²) in [7, 11) is 1.57. The van der Waals surface area contributed by atoms with E-state index >= 15 is 0 Å². The lowest BCUT2D eigenvalue weighted by molar-refractivity contribution is -0.147. The van der Waals surface area contributed by atoms with E-state index in [1.165, 1.54) is 0 Å². The second-order valence-electron chi connectivity index (χ2n) is 10.6. The van der Waals surface area contributed by atoms with Crippen LogP contribution in [-0.4, -0.2) is 77.7 Å². The summed E-state index contributed by atoms with van der Waals surface area (Å²) in [6, 6.07) is 16.8. The van der Waals surface area contributed by atoms with Crippen LogP contribution in [0.5, 0.6) is 0 Å². The van der Waals surface area contributed by atoms with Gasteiger partial charge in [0.05, 0.1) is 6.04 Å². The number of carbonyl (C=O) groups excluding carboxylic acids is 4. The number of carbonyl (C=O) groups is 4. The van der Waals surface area contributed by atoms with Crippen LogP contribution in [0.3, 0.4) is 0 Å². The zero-order valence-corrected chi connectivity index (χ0v) is 22.9. The van der Waals surface area contributed by atoms with Crippen LogP contribution in [0.25, 0.3) is 0 Å². The van der Waals surface area contributed by atoms with Crippen molar-refractivity contribution >= 4 is 23.6 Å². The predicted molar refractivity (Wildman–Crippen MR) is 149 cm³/mol. The molecule has 208 valence electrons. The highest BCUT2D eigenvalue weighted by atomic mass is 16.2. The van der Waals surface area contributed by atoms with Gasteiger partial charge in [0.15, 0.2) is 0 Å². The Morgan fingerprint density at radius 3 is 1.87 bits per heavy atom. The monoisotopic (exact) mass is 533 g/mol. The van der Waals surface area contributed by atoms with E-state index in [1.807, 2.05) is 67.6 Å². The van der Waals surface area contributed by atoms with E-state index in [9.17, 15) is 19.2 Å². The first-order valence-electron chi connectivity index (χ1n) is 13.7. The van der Waals surface area contributed by atoms with Gasteiger partial charge in [-0.05, 0) is 37.3 Å². The number of nitrogens with zero attached hydrogens (tertiary/aromatic N) is 2. The van der Waals surface area contributed by atoms with E-state index in [0.29, 0.717) is 32.4 Å². The average Bonchev–Trinajstić information content (AvgIpc) is 3.61. The molecule has 4 N–H and O–H groups in total. The molecule has 0 radical (unpaired) electrons. The lowest BCUT2D eigenvalue weighted by atomic mass is 9.96. The zero-order valence-electron chi connectivity index (χ0n) is 22.9. The maximum Gasteiger partial charge on any atom is 0.246 e. The van der Waals surface area contributed by atoms with Crippen LogP contribution >= 0.6 is 0 Å². The van der Waals surface area contributed by atoms with E-state index in [0.717, 1.165) is 11.1 Å². The molecule has 2 aliphatic heterocycles. The Morgan fingerprint density at radius 1 is 0.872 bits per heavy atom. The molecule has 0 aliphatic carbocycles. The number of hydrogen-bond donors (Lipinski definition) is 3. The molecule has 0 aromatic heterocycles. The molecular weight excluding hydrogens is 494 g/mol. The molecule has 2 heterocycles. The fourth-order valence-corrected chi connectivity index (χ4v) is 5.77. The molecule has 4 rings (SSSR count). The number of rotatable bonds is 8. The Balaban J connectivity index is 1.64. The van der Waals surface area contributed by atoms with Gasteiger partial charge in [-0.3, -0.25) is 19.2 Å². The number of likely N-dealkylation sites (tertiary alicyclic amines) is 2. The van der Waals surface area contributed by atoms with Crippen LogP contribution in [0.4, 0.5) is 0 Å². The number of benzene rings is 2. The highest BCUT2D eigenvalue weighted by Crippen LogP contribution is 2.37. The van der Waals surface area contributed by atoms with Crippen LogP contribution in [0.1, 0.15) is 56.1 Å². The maximum absolute atomic E-state index is 14.2. The van der Waals surface area contributed by atoms with Crippen molar-refractivity contribution in [2.75, 3.05) is 20.1 Å². The summed E-state index contributed by atoms with van der Waals surface area (Å²) in [5, 5.41) is 5.46. The van der Waals surface area contributed by atoms with Crippen molar-refractivity contribution < 1.29 is 19.2 Å². The van der Waals surface area contributed by atoms with Gasteiger partial charge in [0.2, 0.25) is 23.6 Å². The topological polar surface area (TPSA) is 125 Å². The quantitative estimate of drug-likeness (QED) is 0.477. The number of nitrogens with one attached hydrogen (secondary N) is 2. The van der Waals surface area contributed by atoms with Gasteiger partial charge >= 0.3 is 0 Å². The van der Waals surface area contributed by atoms with Crippen molar-refractivity contribution in [2.24, 2.45) is 5.73 Å². The van der Waals surface area contributed by atoms with Gasteiger partial charge in [-0.1, -0.05) is 67.6 Å². The summed E-state index contributed by atoms with van der Waals surface area (Å²) in [5.41, 5.74) is 7.85. The minimum absolute atomic E-state index is 0.0154. The van der Waals surface area contributed by atoms with Crippen molar-refractivity contribution in [1.82, 2.24) is 20.4 Å². The zero-order chi connectivity index (χ0) is 28.1. The number of likely N-dealkylation sites (N-methyl/N-ethyl adjacent to an activating group) is 1. The molecule has 0 bridgehead atoms. The number of amides is 4. The van der Waals surface area contributed by atoms with Gasteiger partial charge in [-0.25, -0.2) is 0 Å². The molecule has 4 amide bonds. The SMILES string of the molecule is CCC(NC(=O)C(C)N)C(=O)N1CC(c2ccccc2)CC1C(=O)N1CC(c2ccccc2)CC1C(=O)NC. The fourth-order valence-electron chi connectivity index (χ4n) is 5.77. The smallest absolute Gasteiger partial charge is 0.246 e. The normalized spacial score (nSPS) is 24.2. The number of hydrogen-bond acceptors (Lipinski definition) is 5. The molecule has 9 heteroatoms. The summed E-state index contributed by atoms with van der Waals surface area (Å²) in [6.07, 6.45) is 1.32. The van der Waals surface area contributed by atoms with Crippen molar-refractivity contribution in [1.29, 1.82) is 0 Å². The standard InChI is InChI=1S/C30H39N5O4/c1-4-24(33-27(36)19(2)31)29(38)35-18-23(21-13-9-6-10-14-21)16-26(35)30(39)34-17-22(15-25(34)28(37)32-3)20-11-7-5-8-12-20/h5-14,19,22-26H,4,15-18,31H2,1-3H3,(H,32,37)(H,33,36). The van der Waals surface area contributed by atoms with Gasteiger partial charge in [-0.15, -0.1) is 0 Å². The van der Waals surface area contributed by atoms with E-state index < -0.39 is 30.1 Å². The third-order valence-corrected chi connectivity index (χ3v) is 7.98. The molecule has 2 aromatic carbocycles. The van der Waals surface area contributed by atoms with Gasteiger partial charge in [0, 0.05) is 32.0 Å². The van der Waals surface area contributed by atoms with E-state index in [1.54, 1.807) is 23.8 Å². The Hall–Kier alpha value is -3.72. The lowest BCUT2D eigenvalue weighted by Crippen LogP contribution is -2.57. The highest BCUT2D eigenvalue weighted by molar-refractivity contribution is 5.95. The molecule has 6 atom stereocenters. The van der Waals surface area contributed by atoms with Crippen molar-refractivity contribution in [3.8, 4) is 0 Å². The van der Waals surface area contributed by atoms with Gasteiger partial charge in [0.25, 0.3) is 0 Å². The Labute approximate surface area is 230 Å². The second-order valence-corrected chi connectivity index (χ2v) is 10.6. The van der Waals surface area contributed by atoms with Crippen LogP contribution in [0.15, 0.2) is 60.7 Å². The van der Waals surface area contributed by atoms with Crippen molar-refractivity contribution in [2.45, 2.75) is 69.1 Å². The first kappa shape index (κ1) is 28.3. The second kappa shape index (κ2) is 12.4. The molecule has 2 saturated heterocycles. The molecule has 2 aromatic rings. The first-order valence-corrected chi connectivity index (χ1v) is 13.7. The predicted octanol–water partition coefficient (Wildman–Crippen LogP) is 1.74. The molecule has 2 aliphatic rings. The van der Waals surface area contributed by atoms with Crippen LogP contribution in [0.2, 0.25) is 0 Å². The maximum atomic E-state index is 14.2. The molecule has 39 heavy (non-hydrogen) atoms. The summed E-state index contributed by atoms with van der Waals surface area (Å²) in [4.78, 5) is 56.6. The summed E-state index contributed by atoms with van der Waals surface area (Å²) < 4.78 is 0. The van der Waals surface area contributed by atoms with Crippen LogP contribution < -0.4 is 16.4 Å². The van der Waals surface area contributed by atoms with Gasteiger partial charge < -0.3 is 26.2 Å². The van der Waals surface area contributed by atoms with Crippen molar-refractivity contribution in [3.05, 3.63) is 71.8 Å². The lowest BCUT2D eigenvalue weighted by Gasteiger charge is -2.32. The fraction of sp³-hybridized carbons (Fsp3) is 0.467. The molecule has 6 unspecified atom stereocenters. The van der Waals surface area contributed by atoms with E-state index in [2.05, 4.69) is 10.6 Å². The Morgan fingerprint density at radius 2 is 1.38 bits per heavy atom. The summed E-state index contributed by atoms with van der Waals surface area (Å²) in [6.45, 7) is 4.13. The highest BCUT2D eigenvalue weighted by Gasteiger charge is 2.48. The van der Waals surface area contributed by atoms with Crippen molar-refractivity contribution in [3.63, 3.8) is 0 Å². The summed E-state index contributed by atoms with van der Waals surface area (Å²) in [5.74, 6) is -1.20. The van der Waals surface area contributed by atoms with Gasteiger partial charge in [0.1, 0.15) is 18.1 Å². The Bertz CT molecular complexity index is 1170.